The van der Waals surface area contributed by atoms with Crippen LogP contribution in [0.15, 0.2) is 78.9 Å². The van der Waals surface area contributed by atoms with Crippen LogP contribution in [-0.2, 0) is 0 Å². The van der Waals surface area contributed by atoms with Crippen molar-refractivity contribution < 1.29 is 49.7 Å². The van der Waals surface area contributed by atoms with E-state index in [1.54, 1.807) is 0 Å². The lowest BCUT2D eigenvalue weighted by molar-refractivity contribution is -0.858. The monoisotopic (exact) mass is 532 g/mol. The van der Waals surface area contributed by atoms with Crippen molar-refractivity contribution >= 4 is 5.78 Å². The average Bonchev–Trinajstić information content (AvgIpc) is 2.87. The van der Waals surface area contributed by atoms with Crippen molar-refractivity contribution in [3.63, 3.8) is 0 Å². The van der Waals surface area contributed by atoms with Gasteiger partial charge in [0.05, 0.1) is 40.2 Å². The summed E-state index contributed by atoms with van der Waals surface area (Å²) >= 11 is 0. The molecule has 2 atom stereocenters. The van der Waals surface area contributed by atoms with Crippen LogP contribution in [-0.4, -0.2) is 50.7 Å². The first-order valence-electron chi connectivity index (χ1n) is 12.2. The van der Waals surface area contributed by atoms with Crippen LogP contribution in [0.1, 0.15) is 41.8 Å². The summed E-state index contributed by atoms with van der Waals surface area (Å²) in [5.74, 6) is 1.000. The van der Waals surface area contributed by atoms with Crippen LogP contribution in [0.2, 0.25) is 0 Å². The van der Waals surface area contributed by atoms with Gasteiger partial charge in [-0.25, -0.2) is 0 Å². The quantitative estimate of drug-likeness (QED) is 0.158. The normalized spacial score (nSPS) is 12.2. The Bertz CT molecular complexity index is 1010. The van der Waals surface area contributed by atoms with Gasteiger partial charge >= 0.3 is 0 Å². The van der Waals surface area contributed by atoms with Gasteiger partial charge in [0.1, 0.15) is 17.9 Å². The Balaban J connectivity index is 0.00000324. The number of ether oxygens (including phenoxy) is 1. The molecule has 0 aliphatic carbocycles. The molecular weight excluding hydrogens is 495 g/mol. The Labute approximate surface area is 227 Å². The van der Waals surface area contributed by atoms with E-state index >= 15 is 0 Å². The number of rotatable bonds is 13. The first-order chi connectivity index (χ1) is 16.4. The number of carbonyl (C=O) groups excluding carboxylic acids is 1. The van der Waals surface area contributed by atoms with Gasteiger partial charge in [-0.3, -0.25) is 4.79 Å². The van der Waals surface area contributed by atoms with E-state index in [0.29, 0.717) is 13.0 Å². The molecule has 4 N–H and O–H groups in total. The number of hydrogen-bond donors (Lipinski definition) is 3. The van der Waals surface area contributed by atoms with Gasteiger partial charge in [-0.2, -0.15) is 0 Å². The second-order valence-corrected chi connectivity index (χ2v) is 9.17. The van der Waals surface area contributed by atoms with Gasteiger partial charge in [-0.05, 0) is 35.7 Å². The minimum Gasteiger partial charge on any atom is -1.00 e. The highest BCUT2D eigenvalue weighted by Crippen LogP contribution is 2.23. The summed E-state index contributed by atoms with van der Waals surface area (Å²) in [6, 6.07) is 25.5. The average molecular weight is 534 g/mol. The van der Waals surface area contributed by atoms with Crippen LogP contribution < -0.4 is 39.8 Å². The Morgan fingerprint density at radius 1 is 0.917 bits per heavy atom. The molecule has 0 radical (unpaired) electrons. The molecule has 0 spiro atoms. The van der Waals surface area contributed by atoms with Crippen LogP contribution in [0, 0.1) is 0 Å². The van der Waals surface area contributed by atoms with Crippen molar-refractivity contribution in [3.8, 4) is 16.9 Å². The topological polar surface area (TPSA) is 67.6 Å². The molecule has 3 aromatic carbocycles. The number of halogens is 2. The summed E-state index contributed by atoms with van der Waals surface area (Å²) in [7, 11) is 4.29. The summed E-state index contributed by atoms with van der Waals surface area (Å²) in [5.41, 5.74) is 3.79. The molecule has 0 aromatic heterocycles. The lowest BCUT2D eigenvalue weighted by Crippen LogP contribution is -3.05. The number of nitrogens with two attached hydrogens (primary N) is 1. The molecule has 0 bridgehead atoms. The maximum absolute atomic E-state index is 12.6. The summed E-state index contributed by atoms with van der Waals surface area (Å²) in [6.45, 7) is 4.44. The number of aliphatic hydroxyl groups excluding tert-OH is 1. The SMILES string of the molecule is CC([NH2+]CCC(=O)c1ccc(-c2ccc(OCCC[NH+](C)C)cc2)cc1)C(O)c1ccccc1.[Cl-].[Cl-]. The molecule has 7 heteroatoms. The summed E-state index contributed by atoms with van der Waals surface area (Å²) in [6.07, 6.45) is 0.919. The fourth-order valence-corrected chi connectivity index (χ4v) is 3.91. The third-order valence-electron chi connectivity index (χ3n) is 6.03. The van der Waals surface area contributed by atoms with Crippen molar-refractivity contribution in [1.82, 2.24) is 0 Å². The van der Waals surface area contributed by atoms with E-state index in [4.69, 9.17) is 4.74 Å². The molecule has 0 saturated carbocycles. The van der Waals surface area contributed by atoms with Gasteiger partial charge in [0, 0.05) is 12.0 Å². The first kappa shape index (κ1) is 31.6. The molecule has 0 aliphatic heterocycles. The molecule has 0 amide bonds. The predicted molar refractivity (Wildman–Crippen MR) is 136 cm³/mol. The molecule has 0 fully saturated rings. The minimum absolute atomic E-state index is 0. The van der Waals surface area contributed by atoms with Gasteiger partial charge in [-0.15, -0.1) is 0 Å². The number of benzene rings is 3. The Morgan fingerprint density at radius 2 is 1.50 bits per heavy atom. The number of Topliss-reactive ketones (excluding diaryl/α,β-unsaturated/α-hetero) is 1. The zero-order valence-corrected chi connectivity index (χ0v) is 22.8. The molecule has 0 heterocycles. The standard InChI is InChI=1S/C29H36N2O3.2ClH/c1-22(29(33)26-8-5-4-6-9-26)30-19-18-28(32)25-12-10-23(11-13-25)24-14-16-27(17-15-24)34-21-7-20-31(2)3;;/h4-6,8-17,22,29-30,33H,7,18-21H2,1-3H3;2*1H. The number of ketones is 1. The lowest BCUT2D eigenvalue weighted by Gasteiger charge is -2.17. The van der Waals surface area contributed by atoms with Crippen LogP contribution in [0.4, 0.5) is 0 Å². The highest BCUT2D eigenvalue weighted by atomic mass is 35.5. The molecule has 36 heavy (non-hydrogen) atoms. The summed E-state index contributed by atoms with van der Waals surface area (Å²) in [4.78, 5) is 14.1. The fourth-order valence-electron chi connectivity index (χ4n) is 3.91. The lowest BCUT2D eigenvalue weighted by atomic mass is 10.0. The second kappa shape index (κ2) is 16.4. The molecule has 196 valence electrons. The van der Waals surface area contributed by atoms with Crippen molar-refractivity contribution in [2.75, 3.05) is 33.8 Å². The van der Waals surface area contributed by atoms with Crippen LogP contribution in [0.5, 0.6) is 5.75 Å². The summed E-state index contributed by atoms with van der Waals surface area (Å²) in [5, 5.41) is 12.5. The number of aliphatic hydroxyl groups is 1. The van der Waals surface area contributed by atoms with E-state index in [1.807, 2.05) is 79.0 Å². The fraction of sp³-hybridized carbons (Fsp3) is 0.345. The highest BCUT2D eigenvalue weighted by Gasteiger charge is 2.19. The van der Waals surface area contributed by atoms with Gasteiger partial charge < -0.3 is 44.9 Å². The Hall–Kier alpha value is -2.41. The number of quaternary nitrogens is 2. The molecular formula is C29H38Cl2N2O3. The first-order valence-corrected chi connectivity index (χ1v) is 12.2. The van der Waals surface area contributed by atoms with E-state index in [2.05, 4.69) is 26.2 Å². The van der Waals surface area contributed by atoms with Crippen LogP contribution in [0.3, 0.4) is 0 Å². The van der Waals surface area contributed by atoms with Gasteiger partial charge in [0.25, 0.3) is 0 Å². The van der Waals surface area contributed by atoms with E-state index < -0.39 is 6.10 Å². The van der Waals surface area contributed by atoms with E-state index in [9.17, 15) is 9.90 Å². The maximum Gasteiger partial charge on any atom is 0.168 e. The largest absolute Gasteiger partial charge is 1.00 e. The summed E-state index contributed by atoms with van der Waals surface area (Å²) < 4.78 is 5.82. The van der Waals surface area contributed by atoms with Crippen molar-refractivity contribution in [3.05, 3.63) is 90.0 Å². The molecule has 3 rings (SSSR count). The number of carbonyl (C=O) groups is 1. The van der Waals surface area contributed by atoms with E-state index in [0.717, 1.165) is 47.6 Å². The smallest absolute Gasteiger partial charge is 0.168 e. The van der Waals surface area contributed by atoms with Crippen molar-refractivity contribution in [2.24, 2.45) is 0 Å². The van der Waals surface area contributed by atoms with Crippen molar-refractivity contribution in [2.45, 2.75) is 31.9 Å². The number of nitrogens with one attached hydrogen (secondary N) is 1. The molecule has 3 aromatic rings. The molecule has 2 unspecified atom stereocenters. The molecule has 0 saturated heterocycles. The van der Waals surface area contributed by atoms with Crippen LogP contribution in [0.25, 0.3) is 11.1 Å². The molecule has 0 aliphatic rings. The third-order valence-corrected chi connectivity index (χ3v) is 6.03. The number of hydrogen-bond acceptors (Lipinski definition) is 3. The van der Waals surface area contributed by atoms with Gasteiger partial charge in [0.15, 0.2) is 5.78 Å². The third kappa shape index (κ3) is 9.92. The maximum atomic E-state index is 12.6. The predicted octanol–water partition coefficient (Wildman–Crippen LogP) is -3.47. The Morgan fingerprint density at radius 3 is 2.08 bits per heavy atom. The van der Waals surface area contributed by atoms with Crippen molar-refractivity contribution in [1.29, 1.82) is 0 Å². The van der Waals surface area contributed by atoms with E-state index in [1.165, 1.54) is 4.90 Å². The van der Waals surface area contributed by atoms with E-state index in [-0.39, 0.29) is 36.6 Å². The van der Waals surface area contributed by atoms with Crippen LogP contribution >= 0.6 is 0 Å². The van der Waals surface area contributed by atoms with Gasteiger partial charge in [0.2, 0.25) is 0 Å². The highest BCUT2D eigenvalue weighted by molar-refractivity contribution is 5.96. The zero-order valence-electron chi connectivity index (χ0n) is 21.3. The van der Waals surface area contributed by atoms with Gasteiger partial charge in [-0.1, -0.05) is 66.7 Å². The Kier molecular flexibility index (Phi) is 14.4. The second-order valence-electron chi connectivity index (χ2n) is 9.17. The molecule has 5 nitrogen and oxygen atoms in total. The zero-order chi connectivity index (χ0) is 24.3. The minimum atomic E-state index is -0.550.